The van der Waals surface area contributed by atoms with E-state index in [4.69, 9.17) is 14.6 Å². The minimum Gasteiger partial charge on any atom is -0.470 e. The molecule has 7 rings (SSSR count). The number of carbonyl (C=O) groups is 2. The van der Waals surface area contributed by atoms with Crippen molar-refractivity contribution >= 4 is 28.8 Å². The summed E-state index contributed by atoms with van der Waals surface area (Å²) in [6.45, 7) is 5.16. The first-order valence-corrected chi connectivity index (χ1v) is 18.1. The Balaban J connectivity index is 1.29. The number of hydrogen-bond donors (Lipinski definition) is 2. The van der Waals surface area contributed by atoms with Gasteiger partial charge in [0.05, 0.1) is 16.9 Å². The smallest absolute Gasteiger partial charge is 0.410 e. The Morgan fingerprint density at radius 1 is 0.818 bits per heavy atom. The topological polar surface area (TPSA) is 111 Å². The molecule has 0 bridgehead atoms. The molecule has 1 aliphatic rings. The number of hydrogen-bond acceptors (Lipinski definition) is 6. The highest BCUT2D eigenvalue weighted by molar-refractivity contribution is 5.93. The van der Waals surface area contributed by atoms with E-state index in [0.717, 1.165) is 22.3 Å². The first kappa shape index (κ1) is 37.0. The van der Waals surface area contributed by atoms with E-state index in [1.807, 2.05) is 142 Å². The largest absolute Gasteiger partial charge is 0.470 e. The molecule has 0 aliphatic carbocycles. The highest BCUT2D eigenvalue weighted by Crippen LogP contribution is 2.44. The zero-order valence-corrected chi connectivity index (χ0v) is 30.7. The number of rotatable bonds is 10. The fraction of sp³-hybridized carbons (Fsp3) is 0.256. The van der Waals surface area contributed by atoms with Crippen molar-refractivity contribution in [2.75, 3.05) is 25.0 Å². The number of fused-ring (bicyclic) bond motifs is 1. The van der Waals surface area contributed by atoms with Crippen molar-refractivity contribution in [3.8, 4) is 5.88 Å². The van der Waals surface area contributed by atoms with Crippen molar-refractivity contribution in [3.05, 3.63) is 156 Å². The third kappa shape index (κ3) is 7.84. The minimum atomic E-state index is -2.73. The van der Waals surface area contributed by atoms with Crippen molar-refractivity contribution in [2.45, 2.75) is 50.3 Å². The van der Waals surface area contributed by atoms with Gasteiger partial charge in [0.25, 0.3) is 6.43 Å². The third-order valence-electron chi connectivity index (χ3n) is 9.53. The SMILES string of the molecule is CC(C)(C)OC(=O)N1CC(NC(=O)Nc2cc3c(cn2)c(OCC(F)F)nn3C(c2ccccc2)(c2ccccc2)c2ccccc2)C(c2ccccc2)C1. The van der Waals surface area contributed by atoms with Crippen LogP contribution in [0, 0.1) is 0 Å². The Hall–Kier alpha value is -6.30. The first-order valence-electron chi connectivity index (χ1n) is 18.1. The number of nitrogens with zero attached hydrogens (tertiary/aromatic N) is 4. The molecule has 2 N–H and O–H groups in total. The van der Waals surface area contributed by atoms with Crippen molar-refractivity contribution in [1.82, 2.24) is 25.0 Å². The van der Waals surface area contributed by atoms with Gasteiger partial charge in [-0.15, -0.1) is 5.10 Å². The predicted molar refractivity (Wildman–Crippen MR) is 207 cm³/mol. The number of aromatic nitrogens is 3. The number of likely N-dealkylation sites (tertiary alicyclic amines) is 1. The Kier molecular flexibility index (Phi) is 10.5. The zero-order valence-electron chi connectivity index (χ0n) is 30.7. The van der Waals surface area contributed by atoms with Crippen molar-refractivity contribution in [3.63, 3.8) is 0 Å². The van der Waals surface area contributed by atoms with Gasteiger partial charge in [-0.25, -0.2) is 28.0 Å². The summed E-state index contributed by atoms with van der Waals surface area (Å²) in [5.41, 5.74) is 2.20. The first-order chi connectivity index (χ1) is 26.5. The van der Waals surface area contributed by atoms with E-state index in [1.54, 1.807) is 15.6 Å². The molecule has 0 spiro atoms. The fourth-order valence-corrected chi connectivity index (χ4v) is 7.25. The van der Waals surface area contributed by atoms with Crippen LogP contribution in [0.3, 0.4) is 0 Å². The predicted octanol–water partition coefficient (Wildman–Crippen LogP) is 8.44. The maximum Gasteiger partial charge on any atom is 0.410 e. The number of carbonyl (C=O) groups excluding carboxylic acids is 2. The molecule has 2 unspecified atom stereocenters. The molecule has 0 saturated carbocycles. The van der Waals surface area contributed by atoms with Gasteiger partial charge < -0.3 is 19.7 Å². The molecule has 6 aromatic rings. The van der Waals surface area contributed by atoms with Gasteiger partial charge in [-0.2, -0.15) is 0 Å². The number of amides is 3. The van der Waals surface area contributed by atoms with Gasteiger partial charge in [-0.3, -0.25) is 5.32 Å². The van der Waals surface area contributed by atoms with Crippen LogP contribution in [0.1, 0.15) is 48.9 Å². The van der Waals surface area contributed by atoms with E-state index in [1.165, 1.54) is 6.20 Å². The summed E-state index contributed by atoms with van der Waals surface area (Å²) < 4.78 is 40.1. The number of pyridine rings is 1. The van der Waals surface area contributed by atoms with E-state index >= 15 is 0 Å². The number of nitrogens with one attached hydrogen (secondary N) is 2. The van der Waals surface area contributed by atoms with Gasteiger partial charge >= 0.3 is 12.1 Å². The highest BCUT2D eigenvalue weighted by Gasteiger charge is 2.42. The number of alkyl halides is 2. The summed E-state index contributed by atoms with van der Waals surface area (Å²) in [7, 11) is 0. The Morgan fingerprint density at radius 3 is 1.89 bits per heavy atom. The van der Waals surface area contributed by atoms with Crippen LogP contribution in [0.15, 0.2) is 134 Å². The lowest BCUT2D eigenvalue weighted by atomic mass is 9.77. The molecular formula is C43H42F2N6O4. The Morgan fingerprint density at radius 2 is 1.36 bits per heavy atom. The van der Waals surface area contributed by atoms with Crippen molar-refractivity contribution < 1.29 is 27.8 Å². The molecule has 10 nitrogen and oxygen atoms in total. The van der Waals surface area contributed by atoms with Gasteiger partial charge in [-0.05, 0) is 43.0 Å². The van der Waals surface area contributed by atoms with Gasteiger partial charge in [0.1, 0.15) is 17.0 Å². The fourth-order valence-electron chi connectivity index (χ4n) is 7.25. The average Bonchev–Trinajstić information content (AvgIpc) is 3.77. The molecule has 12 heteroatoms. The summed E-state index contributed by atoms with van der Waals surface area (Å²) in [4.78, 5) is 33.0. The minimum absolute atomic E-state index is 0.0233. The lowest BCUT2D eigenvalue weighted by Crippen LogP contribution is -2.43. The standard InChI is InChI=1S/C43H42F2N6O4/c1-42(2,3)55-41(53)50-26-34(29-16-8-4-9-17-29)35(27-50)47-40(52)48-38-24-36-33(25-46-38)39(54-28-37(44)45)49-51(36)43(30-18-10-5-11-19-30,31-20-12-6-13-21-31)32-22-14-7-15-23-32/h4-25,34-35,37H,26-28H2,1-3H3,(H2,46,47,48,52). The van der Waals surface area contributed by atoms with Gasteiger partial charge in [0.2, 0.25) is 5.88 Å². The second-order valence-electron chi connectivity index (χ2n) is 14.4. The normalized spacial score (nSPS) is 15.9. The van der Waals surface area contributed by atoms with Gasteiger partial charge in [0.15, 0.2) is 6.61 Å². The number of anilines is 1. The molecule has 2 atom stereocenters. The number of benzene rings is 4. The van der Waals surface area contributed by atoms with Crippen LogP contribution >= 0.6 is 0 Å². The summed E-state index contributed by atoms with van der Waals surface area (Å²) in [5.74, 6) is -0.0353. The Labute approximate surface area is 318 Å². The van der Waals surface area contributed by atoms with Gasteiger partial charge in [-0.1, -0.05) is 121 Å². The van der Waals surface area contributed by atoms with Crippen LogP contribution in [0.25, 0.3) is 10.9 Å². The molecule has 3 heterocycles. The average molecular weight is 745 g/mol. The molecule has 1 aliphatic heterocycles. The molecule has 1 fully saturated rings. The molecular weight excluding hydrogens is 703 g/mol. The van der Waals surface area contributed by atoms with E-state index < -0.39 is 42.3 Å². The summed E-state index contributed by atoms with van der Waals surface area (Å²) in [5, 5.41) is 11.2. The van der Waals surface area contributed by atoms with E-state index in [2.05, 4.69) is 15.6 Å². The van der Waals surface area contributed by atoms with E-state index in [0.29, 0.717) is 17.4 Å². The summed E-state index contributed by atoms with van der Waals surface area (Å²) in [6, 6.07) is 39.7. The number of halogens is 2. The van der Waals surface area contributed by atoms with Crippen LogP contribution < -0.4 is 15.4 Å². The molecule has 3 amide bonds. The van der Waals surface area contributed by atoms with Crippen molar-refractivity contribution in [1.29, 1.82) is 0 Å². The summed E-state index contributed by atoms with van der Waals surface area (Å²) in [6.07, 6.45) is -1.73. The lowest BCUT2D eigenvalue weighted by molar-refractivity contribution is 0.0289. The van der Waals surface area contributed by atoms with Crippen LogP contribution in [0.2, 0.25) is 0 Å². The van der Waals surface area contributed by atoms with Crippen LogP contribution in [0.4, 0.5) is 24.2 Å². The lowest BCUT2D eigenvalue weighted by Gasteiger charge is -2.36. The second kappa shape index (κ2) is 15.6. The molecule has 0 radical (unpaired) electrons. The van der Waals surface area contributed by atoms with Crippen LogP contribution in [0.5, 0.6) is 5.88 Å². The molecule has 282 valence electrons. The molecule has 55 heavy (non-hydrogen) atoms. The van der Waals surface area contributed by atoms with Crippen molar-refractivity contribution in [2.24, 2.45) is 0 Å². The van der Waals surface area contributed by atoms with Gasteiger partial charge in [0, 0.05) is 31.3 Å². The van der Waals surface area contributed by atoms with Crippen LogP contribution in [-0.4, -0.2) is 69.6 Å². The quantitative estimate of drug-likeness (QED) is 0.136. The maximum atomic E-state index is 13.8. The maximum absolute atomic E-state index is 13.8. The Bertz CT molecular complexity index is 2140. The molecule has 2 aromatic heterocycles. The van der Waals surface area contributed by atoms with E-state index in [-0.39, 0.29) is 24.2 Å². The third-order valence-corrected chi connectivity index (χ3v) is 9.53. The number of ether oxygens (including phenoxy) is 2. The zero-order chi connectivity index (χ0) is 38.6. The summed E-state index contributed by atoms with van der Waals surface area (Å²) >= 11 is 0. The monoisotopic (exact) mass is 744 g/mol. The highest BCUT2D eigenvalue weighted by atomic mass is 19.3. The molecule has 1 saturated heterocycles. The molecule has 4 aromatic carbocycles. The number of urea groups is 1. The van der Waals surface area contributed by atoms with Crippen LogP contribution in [-0.2, 0) is 10.3 Å². The second-order valence-corrected chi connectivity index (χ2v) is 14.4. The van der Waals surface area contributed by atoms with E-state index in [9.17, 15) is 18.4 Å².